The number of rotatable bonds is 5. The van der Waals surface area contributed by atoms with Gasteiger partial charge in [0.1, 0.15) is 0 Å². The highest BCUT2D eigenvalue weighted by Gasteiger charge is 2.07. The van der Waals surface area contributed by atoms with Crippen LogP contribution in [-0.2, 0) is 0 Å². The van der Waals surface area contributed by atoms with E-state index in [-0.39, 0.29) is 0 Å². The van der Waals surface area contributed by atoms with Crippen molar-refractivity contribution in [1.29, 1.82) is 0 Å². The number of likely N-dealkylation sites (tertiary alicyclic amines) is 1. The molecule has 1 heterocycles. The minimum Gasteiger partial charge on any atom is -0.314 e. The van der Waals surface area contributed by atoms with E-state index >= 15 is 0 Å². The number of hydrogen-bond donors (Lipinski definition) is 1. The van der Waals surface area contributed by atoms with Gasteiger partial charge in [0.25, 0.3) is 0 Å². The summed E-state index contributed by atoms with van der Waals surface area (Å²) in [6.07, 6.45) is 8.48. The molecule has 0 spiro atoms. The molecule has 1 saturated heterocycles. The Labute approximate surface area is 95.4 Å². The summed E-state index contributed by atoms with van der Waals surface area (Å²) in [5.41, 5.74) is 0. The van der Waals surface area contributed by atoms with Crippen LogP contribution in [0, 0.1) is 0 Å². The molecule has 2 heteroatoms. The van der Waals surface area contributed by atoms with Crippen molar-refractivity contribution in [3.63, 3.8) is 0 Å². The second-order valence-electron chi connectivity index (χ2n) is 5.07. The van der Waals surface area contributed by atoms with E-state index < -0.39 is 0 Å². The first-order valence-corrected chi connectivity index (χ1v) is 6.75. The van der Waals surface area contributed by atoms with Crippen LogP contribution in [0.15, 0.2) is 0 Å². The lowest BCUT2D eigenvalue weighted by molar-refractivity contribution is 0.243. The van der Waals surface area contributed by atoms with Crippen molar-refractivity contribution in [2.75, 3.05) is 26.2 Å². The third-order valence-electron chi connectivity index (χ3n) is 3.15. The van der Waals surface area contributed by atoms with E-state index in [2.05, 4.69) is 24.1 Å². The molecule has 0 radical (unpaired) electrons. The quantitative estimate of drug-likeness (QED) is 0.705. The van der Waals surface area contributed by atoms with Crippen molar-refractivity contribution in [1.82, 2.24) is 10.2 Å². The average molecular weight is 212 g/mol. The molecular formula is C13H28N2. The lowest BCUT2D eigenvalue weighted by Crippen LogP contribution is -2.31. The van der Waals surface area contributed by atoms with Gasteiger partial charge in [-0.2, -0.15) is 0 Å². The largest absolute Gasteiger partial charge is 0.314 e. The Bertz CT molecular complexity index is 137. The first kappa shape index (κ1) is 13.0. The van der Waals surface area contributed by atoms with E-state index in [0.29, 0.717) is 6.04 Å². The van der Waals surface area contributed by atoms with Gasteiger partial charge < -0.3 is 10.2 Å². The molecule has 15 heavy (non-hydrogen) atoms. The molecule has 1 fully saturated rings. The summed E-state index contributed by atoms with van der Waals surface area (Å²) in [7, 11) is 0. The predicted molar refractivity (Wildman–Crippen MR) is 67.3 cm³/mol. The Balaban J connectivity index is 2.02. The lowest BCUT2D eigenvalue weighted by atomic mass is 10.1. The summed E-state index contributed by atoms with van der Waals surface area (Å²) < 4.78 is 0. The second-order valence-corrected chi connectivity index (χ2v) is 5.07. The van der Waals surface area contributed by atoms with Crippen LogP contribution in [0.1, 0.15) is 52.4 Å². The Hall–Kier alpha value is -0.0800. The zero-order chi connectivity index (χ0) is 10.9. The fourth-order valence-electron chi connectivity index (χ4n) is 2.23. The van der Waals surface area contributed by atoms with Crippen LogP contribution in [0.4, 0.5) is 0 Å². The van der Waals surface area contributed by atoms with Gasteiger partial charge in [0, 0.05) is 6.04 Å². The highest BCUT2D eigenvalue weighted by atomic mass is 15.1. The molecule has 90 valence electrons. The average Bonchev–Trinajstić information content (AvgIpc) is 2.14. The second kappa shape index (κ2) is 8.12. The molecule has 0 bridgehead atoms. The molecule has 0 atom stereocenters. The molecule has 0 aromatic carbocycles. The molecule has 1 aliphatic rings. The topological polar surface area (TPSA) is 15.3 Å². The van der Waals surface area contributed by atoms with E-state index in [1.165, 1.54) is 64.7 Å². The van der Waals surface area contributed by atoms with Gasteiger partial charge >= 0.3 is 0 Å². The van der Waals surface area contributed by atoms with Crippen molar-refractivity contribution in [2.45, 2.75) is 58.4 Å². The SMILES string of the molecule is CC(C)NCCCN1CCCCCCC1. The van der Waals surface area contributed by atoms with Gasteiger partial charge in [-0.15, -0.1) is 0 Å². The third-order valence-corrected chi connectivity index (χ3v) is 3.15. The van der Waals surface area contributed by atoms with Gasteiger partial charge in [-0.3, -0.25) is 0 Å². The van der Waals surface area contributed by atoms with Crippen LogP contribution in [0.3, 0.4) is 0 Å². The van der Waals surface area contributed by atoms with Crippen molar-refractivity contribution < 1.29 is 0 Å². The summed E-state index contributed by atoms with van der Waals surface area (Å²) in [6.45, 7) is 9.57. The Morgan fingerprint density at radius 1 is 1.00 bits per heavy atom. The molecule has 0 amide bonds. The maximum atomic E-state index is 3.49. The highest BCUT2D eigenvalue weighted by molar-refractivity contribution is 4.63. The summed E-state index contributed by atoms with van der Waals surface area (Å²) >= 11 is 0. The number of nitrogens with one attached hydrogen (secondary N) is 1. The zero-order valence-corrected chi connectivity index (χ0v) is 10.6. The van der Waals surface area contributed by atoms with Gasteiger partial charge in [-0.05, 0) is 45.4 Å². The van der Waals surface area contributed by atoms with Crippen LogP contribution in [0.2, 0.25) is 0 Å². The van der Waals surface area contributed by atoms with Crippen LogP contribution in [0.25, 0.3) is 0 Å². The summed E-state index contributed by atoms with van der Waals surface area (Å²) in [4.78, 5) is 2.65. The van der Waals surface area contributed by atoms with Crippen molar-refractivity contribution >= 4 is 0 Å². The smallest absolute Gasteiger partial charge is 0.00103 e. The van der Waals surface area contributed by atoms with E-state index in [0.717, 1.165) is 0 Å². The van der Waals surface area contributed by atoms with Crippen LogP contribution < -0.4 is 5.32 Å². The van der Waals surface area contributed by atoms with E-state index in [9.17, 15) is 0 Å². The van der Waals surface area contributed by atoms with Gasteiger partial charge in [-0.1, -0.05) is 33.1 Å². The molecule has 1 N–H and O–H groups in total. The van der Waals surface area contributed by atoms with Crippen molar-refractivity contribution in [3.05, 3.63) is 0 Å². The van der Waals surface area contributed by atoms with Gasteiger partial charge in [0.05, 0.1) is 0 Å². The Morgan fingerprint density at radius 2 is 1.60 bits per heavy atom. The molecule has 0 saturated carbocycles. The maximum absolute atomic E-state index is 3.49. The van der Waals surface area contributed by atoms with Crippen LogP contribution >= 0.6 is 0 Å². The minimum atomic E-state index is 0.636. The molecule has 0 aliphatic carbocycles. The Kier molecular flexibility index (Phi) is 7.03. The molecule has 1 rings (SSSR count). The standard InChI is InChI=1S/C13H28N2/c1-13(2)14-9-8-12-15-10-6-4-3-5-7-11-15/h13-14H,3-12H2,1-2H3. The normalized spacial score (nSPS) is 20.2. The number of nitrogens with zero attached hydrogens (tertiary/aromatic N) is 1. The molecule has 2 nitrogen and oxygen atoms in total. The minimum absolute atomic E-state index is 0.636. The highest BCUT2D eigenvalue weighted by Crippen LogP contribution is 2.10. The third kappa shape index (κ3) is 6.91. The molecule has 0 unspecified atom stereocenters. The van der Waals surface area contributed by atoms with Crippen LogP contribution in [-0.4, -0.2) is 37.1 Å². The summed E-state index contributed by atoms with van der Waals surface area (Å²) in [6, 6.07) is 0.636. The van der Waals surface area contributed by atoms with E-state index in [1.807, 2.05) is 0 Å². The van der Waals surface area contributed by atoms with Gasteiger partial charge in [0.2, 0.25) is 0 Å². The first-order chi connectivity index (χ1) is 7.29. The van der Waals surface area contributed by atoms with Gasteiger partial charge in [-0.25, -0.2) is 0 Å². The maximum Gasteiger partial charge on any atom is 0.00103 e. The monoisotopic (exact) mass is 212 g/mol. The van der Waals surface area contributed by atoms with Crippen LogP contribution in [0.5, 0.6) is 0 Å². The first-order valence-electron chi connectivity index (χ1n) is 6.75. The Morgan fingerprint density at radius 3 is 2.20 bits per heavy atom. The summed E-state index contributed by atoms with van der Waals surface area (Å²) in [5, 5.41) is 3.49. The molecule has 0 aromatic heterocycles. The molecule has 0 aromatic rings. The zero-order valence-electron chi connectivity index (χ0n) is 10.6. The summed E-state index contributed by atoms with van der Waals surface area (Å²) in [5.74, 6) is 0. The fraction of sp³-hybridized carbons (Fsp3) is 1.00. The van der Waals surface area contributed by atoms with E-state index in [4.69, 9.17) is 0 Å². The van der Waals surface area contributed by atoms with Crippen molar-refractivity contribution in [3.8, 4) is 0 Å². The molecule has 1 aliphatic heterocycles. The van der Waals surface area contributed by atoms with Gasteiger partial charge in [0.15, 0.2) is 0 Å². The fourth-order valence-corrected chi connectivity index (χ4v) is 2.23. The van der Waals surface area contributed by atoms with Crippen molar-refractivity contribution in [2.24, 2.45) is 0 Å². The molecular weight excluding hydrogens is 184 g/mol. The predicted octanol–water partition coefficient (Wildman–Crippen LogP) is 2.64. The van der Waals surface area contributed by atoms with E-state index in [1.54, 1.807) is 0 Å². The number of hydrogen-bond acceptors (Lipinski definition) is 2. The lowest BCUT2D eigenvalue weighted by Gasteiger charge is -2.24.